The van der Waals surface area contributed by atoms with Crippen LogP contribution in [0.15, 0.2) is 0 Å². The van der Waals surface area contributed by atoms with E-state index in [-0.39, 0.29) is 0 Å². The molecule has 1 aliphatic heterocycles. The molecule has 0 radical (unpaired) electrons. The molecular weight excluding hydrogens is 244 g/mol. The first-order valence-corrected chi connectivity index (χ1v) is 7.66. The minimum Gasteiger partial charge on any atom is -0.370 e. The minimum absolute atomic E-state index is 0.348. The van der Waals surface area contributed by atoms with Crippen LogP contribution in [0.25, 0.3) is 0 Å². The fourth-order valence-corrected chi connectivity index (χ4v) is 3.31. The first-order chi connectivity index (χ1) is 8.63. The molecule has 1 saturated heterocycles. The van der Waals surface area contributed by atoms with Crippen molar-refractivity contribution < 1.29 is 0 Å². The monoisotopic (exact) mass is 266 g/mol. The highest BCUT2D eigenvalue weighted by Gasteiger charge is 2.24. The SMILES string of the molecule is CCNc1nc(C2CSCCN2C)nc(C)c1C. The van der Waals surface area contributed by atoms with Gasteiger partial charge in [0.15, 0.2) is 0 Å². The molecule has 4 nitrogen and oxygen atoms in total. The third kappa shape index (κ3) is 2.78. The zero-order chi connectivity index (χ0) is 13.1. The molecule has 0 saturated carbocycles. The average molecular weight is 266 g/mol. The molecule has 0 amide bonds. The van der Waals surface area contributed by atoms with Gasteiger partial charge in [0.2, 0.25) is 0 Å². The van der Waals surface area contributed by atoms with Crippen LogP contribution in [0, 0.1) is 13.8 Å². The van der Waals surface area contributed by atoms with Gasteiger partial charge in [-0.05, 0) is 27.8 Å². The molecule has 18 heavy (non-hydrogen) atoms. The predicted molar refractivity (Wildman–Crippen MR) is 78.4 cm³/mol. The smallest absolute Gasteiger partial charge is 0.148 e. The van der Waals surface area contributed by atoms with E-state index in [0.29, 0.717) is 6.04 Å². The number of hydrogen-bond donors (Lipinski definition) is 1. The predicted octanol–water partition coefficient (Wildman–Crippen LogP) is 2.24. The van der Waals surface area contributed by atoms with Crippen molar-refractivity contribution in [3.05, 3.63) is 17.1 Å². The second kappa shape index (κ2) is 5.89. The zero-order valence-corrected chi connectivity index (χ0v) is 12.5. The highest BCUT2D eigenvalue weighted by atomic mass is 32.2. The molecule has 2 heterocycles. The van der Waals surface area contributed by atoms with Gasteiger partial charge in [-0.3, -0.25) is 4.90 Å². The normalized spacial score (nSPS) is 21.0. The summed E-state index contributed by atoms with van der Waals surface area (Å²) in [4.78, 5) is 11.8. The van der Waals surface area contributed by atoms with Crippen LogP contribution in [-0.4, -0.2) is 46.5 Å². The van der Waals surface area contributed by atoms with E-state index in [1.165, 1.54) is 5.75 Å². The Morgan fingerprint density at radius 3 is 2.83 bits per heavy atom. The molecule has 1 fully saturated rings. The van der Waals surface area contributed by atoms with Crippen LogP contribution in [0.3, 0.4) is 0 Å². The molecule has 1 N–H and O–H groups in total. The number of aryl methyl sites for hydroxylation is 1. The van der Waals surface area contributed by atoms with Crippen molar-refractivity contribution in [2.45, 2.75) is 26.8 Å². The van der Waals surface area contributed by atoms with E-state index in [4.69, 9.17) is 4.98 Å². The molecule has 1 aromatic heterocycles. The maximum absolute atomic E-state index is 4.72. The van der Waals surface area contributed by atoms with Crippen molar-refractivity contribution in [1.82, 2.24) is 14.9 Å². The summed E-state index contributed by atoms with van der Waals surface area (Å²) in [6.45, 7) is 8.25. The number of rotatable bonds is 3. The van der Waals surface area contributed by atoms with Gasteiger partial charge in [0.05, 0.1) is 6.04 Å². The molecule has 0 aliphatic carbocycles. The second-order valence-electron chi connectivity index (χ2n) is 4.74. The summed E-state index contributed by atoms with van der Waals surface area (Å²) in [5.74, 6) is 4.25. The van der Waals surface area contributed by atoms with E-state index in [1.807, 2.05) is 11.8 Å². The summed E-state index contributed by atoms with van der Waals surface area (Å²) in [6, 6.07) is 0.348. The van der Waals surface area contributed by atoms with E-state index in [0.717, 1.165) is 41.7 Å². The largest absolute Gasteiger partial charge is 0.370 e. The second-order valence-corrected chi connectivity index (χ2v) is 5.89. The van der Waals surface area contributed by atoms with Crippen LogP contribution in [0.4, 0.5) is 5.82 Å². The molecule has 1 aliphatic rings. The molecule has 0 aromatic carbocycles. The molecule has 1 atom stereocenters. The number of nitrogens with one attached hydrogen (secondary N) is 1. The molecule has 2 rings (SSSR count). The van der Waals surface area contributed by atoms with E-state index >= 15 is 0 Å². The molecule has 0 spiro atoms. The van der Waals surface area contributed by atoms with Gasteiger partial charge in [-0.1, -0.05) is 0 Å². The van der Waals surface area contributed by atoms with Gasteiger partial charge >= 0.3 is 0 Å². The topological polar surface area (TPSA) is 41.1 Å². The Labute approximate surface area is 114 Å². The van der Waals surface area contributed by atoms with E-state index in [2.05, 4.69) is 43.0 Å². The molecule has 5 heteroatoms. The fourth-order valence-electron chi connectivity index (χ4n) is 2.10. The fraction of sp³-hybridized carbons (Fsp3) is 0.692. The van der Waals surface area contributed by atoms with Gasteiger partial charge in [-0.25, -0.2) is 9.97 Å². The van der Waals surface area contributed by atoms with Crippen LogP contribution in [0.5, 0.6) is 0 Å². The average Bonchev–Trinajstić information content (AvgIpc) is 2.35. The van der Waals surface area contributed by atoms with Crippen LogP contribution in [-0.2, 0) is 0 Å². The number of aromatic nitrogens is 2. The molecule has 1 unspecified atom stereocenters. The van der Waals surface area contributed by atoms with Gasteiger partial charge in [-0.2, -0.15) is 11.8 Å². The van der Waals surface area contributed by atoms with Gasteiger partial charge in [-0.15, -0.1) is 0 Å². The summed E-state index contributed by atoms with van der Waals surface area (Å²) in [5, 5.41) is 3.33. The van der Waals surface area contributed by atoms with Gasteiger partial charge in [0.1, 0.15) is 11.6 Å². The molecule has 0 bridgehead atoms. The summed E-state index contributed by atoms with van der Waals surface area (Å²) < 4.78 is 0. The van der Waals surface area contributed by atoms with Crippen molar-refractivity contribution in [1.29, 1.82) is 0 Å². The Bertz CT molecular complexity index is 422. The van der Waals surface area contributed by atoms with E-state index < -0.39 is 0 Å². The van der Waals surface area contributed by atoms with Crippen LogP contribution < -0.4 is 5.32 Å². The number of hydrogen-bond acceptors (Lipinski definition) is 5. The standard InChI is InChI=1S/C13H22N4S/c1-5-14-12-9(2)10(3)15-13(16-12)11-8-18-7-6-17(11)4/h11H,5-8H2,1-4H3,(H,14,15,16). The molecular formula is C13H22N4S. The van der Waals surface area contributed by atoms with Gasteiger partial charge < -0.3 is 5.32 Å². The van der Waals surface area contributed by atoms with Crippen molar-refractivity contribution in [2.24, 2.45) is 0 Å². The summed E-state index contributed by atoms with van der Waals surface area (Å²) in [6.07, 6.45) is 0. The Hall–Kier alpha value is -0.810. The zero-order valence-electron chi connectivity index (χ0n) is 11.7. The maximum atomic E-state index is 4.72. The van der Waals surface area contributed by atoms with Crippen molar-refractivity contribution >= 4 is 17.6 Å². The lowest BCUT2D eigenvalue weighted by molar-refractivity contribution is 0.264. The van der Waals surface area contributed by atoms with Crippen molar-refractivity contribution in [3.63, 3.8) is 0 Å². The van der Waals surface area contributed by atoms with Crippen LogP contribution in [0.1, 0.15) is 30.0 Å². The van der Waals surface area contributed by atoms with Gasteiger partial charge in [0.25, 0.3) is 0 Å². The third-order valence-electron chi connectivity index (χ3n) is 3.44. The summed E-state index contributed by atoms with van der Waals surface area (Å²) >= 11 is 1.99. The van der Waals surface area contributed by atoms with Gasteiger partial charge in [0, 0.05) is 35.9 Å². The highest BCUT2D eigenvalue weighted by Crippen LogP contribution is 2.27. The molecule has 100 valence electrons. The number of anilines is 1. The third-order valence-corrected chi connectivity index (χ3v) is 4.47. The first kappa shape index (κ1) is 13.6. The summed E-state index contributed by atoms with van der Waals surface area (Å²) in [5.41, 5.74) is 2.24. The van der Waals surface area contributed by atoms with Crippen molar-refractivity contribution in [3.8, 4) is 0 Å². The number of thioether (sulfide) groups is 1. The Morgan fingerprint density at radius 1 is 1.39 bits per heavy atom. The Balaban J connectivity index is 2.32. The lowest BCUT2D eigenvalue weighted by Gasteiger charge is -2.31. The number of nitrogens with zero attached hydrogens (tertiary/aromatic N) is 3. The Kier molecular flexibility index (Phi) is 4.45. The lowest BCUT2D eigenvalue weighted by atomic mass is 10.2. The van der Waals surface area contributed by atoms with E-state index in [1.54, 1.807) is 0 Å². The Morgan fingerprint density at radius 2 is 2.17 bits per heavy atom. The summed E-state index contributed by atoms with van der Waals surface area (Å²) in [7, 11) is 2.16. The highest BCUT2D eigenvalue weighted by molar-refractivity contribution is 7.99. The maximum Gasteiger partial charge on any atom is 0.148 e. The van der Waals surface area contributed by atoms with Crippen molar-refractivity contribution in [2.75, 3.05) is 37.0 Å². The first-order valence-electron chi connectivity index (χ1n) is 6.50. The van der Waals surface area contributed by atoms with Crippen LogP contribution >= 0.6 is 11.8 Å². The minimum atomic E-state index is 0.348. The molecule has 1 aromatic rings. The quantitative estimate of drug-likeness (QED) is 0.908. The van der Waals surface area contributed by atoms with Crippen LogP contribution in [0.2, 0.25) is 0 Å². The van der Waals surface area contributed by atoms with E-state index in [9.17, 15) is 0 Å². The lowest BCUT2D eigenvalue weighted by Crippen LogP contribution is -2.34.